The van der Waals surface area contributed by atoms with Crippen LogP contribution in [0.15, 0.2) is 60.7 Å². The highest BCUT2D eigenvalue weighted by Crippen LogP contribution is 2.20. The fraction of sp³-hybridized carbons (Fsp3) is 0.0625. The van der Waals surface area contributed by atoms with Crippen LogP contribution in [0.4, 0.5) is 11.5 Å². The molecule has 2 nitrogen and oxygen atoms in total. The maximum absolute atomic E-state index is 4.66. The molecule has 1 aromatic heterocycles. The highest BCUT2D eigenvalue weighted by Gasteiger charge is 2.00. The number of nitrogens with zero attached hydrogens (tertiary/aromatic N) is 1. The van der Waals surface area contributed by atoms with Gasteiger partial charge in [-0.2, -0.15) is 0 Å². The third kappa shape index (κ3) is 2.05. The van der Waals surface area contributed by atoms with Crippen LogP contribution in [-0.4, -0.2) is 4.98 Å². The van der Waals surface area contributed by atoms with E-state index in [0.717, 1.165) is 17.0 Å². The predicted octanol–water partition coefficient (Wildman–Crippen LogP) is 4.29. The number of benzene rings is 2. The molecule has 88 valence electrons. The summed E-state index contributed by atoms with van der Waals surface area (Å²) in [4.78, 5) is 4.66. The van der Waals surface area contributed by atoms with Crippen LogP contribution < -0.4 is 5.32 Å². The van der Waals surface area contributed by atoms with E-state index in [-0.39, 0.29) is 0 Å². The largest absolute Gasteiger partial charge is 0.340 e. The van der Waals surface area contributed by atoms with Crippen LogP contribution in [0.3, 0.4) is 0 Å². The van der Waals surface area contributed by atoms with Gasteiger partial charge in [-0.05, 0) is 36.8 Å². The summed E-state index contributed by atoms with van der Waals surface area (Å²) in [5.74, 6) is 0.878. The van der Waals surface area contributed by atoms with Gasteiger partial charge in [-0.15, -0.1) is 0 Å². The van der Waals surface area contributed by atoms with Gasteiger partial charge in [0.1, 0.15) is 5.82 Å². The number of hydrogen-bond acceptors (Lipinski definition) is 2. The highest BCUT2D eigenvalue weighted by molar-refractivity contribution is 5.83. The van der Waals surface area contributed by atoms with E-state index in [0.29, 0.717) is 0 Å². The fourth-order valence-corrected chi connectivity index (χ4v) is 2.03. The average Bonchev–Trinajstić information content (AvgIpc) is 2.41. The van der Waals surface area contributed by atoms with E-state index in [1.54, 1.807) is 0 Å². The first kappa shape index (κ1) is 10.8. The molecule has 3 aromatic rings. The lowest BCUT2D eigenvalue weighted by Gasteiger charge is -2.07. The molecule has 0 bridgehead atoms. The van der Waals surface area contributed by atoms with E-state index < -0.39 is 0 Å². The second-order valence-corrected chi connectivity index (χ2v) is 4.33. The zero-order chi connectivity index (χ0) is 12.4. The summed E-state index contributed by atoms with van der Waals surface area (Å²) in [6, 6.07) is 20.4. The Balaban J connectivity index is 2.01. The molecule has 2 aromatic carbocycles. The Morgan fingerprint density at radius 3 is 2.50 bits per heavy atom. The Bertz CT molecular complexity index is 675. The standard InChI is InChI=1S/C16H14N2/c1-12-6-5-7-13-10-11-15(18-16(12)13)17-14-8-3-2-4-9-14/h2-11H,1H3,(H,17,18). The maximum Gasteiger partial charge on any atom is 0.131 e. The minimum absolute atomic E-state index is 0.878. The molecule has 1 N–H and O–H groups in total. The van der Waals surface area contributed by atoms with Crippen molar-refractivity contribution in [3.05, 3.63) is 66.2 Å². The maximum atomic E-state index is 4.66. The number of para-hydroxylation sites is 2. The van der Waals surface area contributed by atoms with Crippen LogP contribution in [-0.2, 0) is 0 Å². The van der Waals surface area contributed by atoms with Crippen molar-refractivity contribution in [3.63, 3.8) is 0 Å². The number of aryl methyl sites for hydroxylation is 1. The lowest BCUT2D eigenvalue weighted by Crippen LogP contribution is -1.94. The van der Waals surface area contributed by atoms with Crippen molar-refractivity contribution in [1.82, 2.24) is 4.98 Å². The predicted molar refractivity (Wildman–Crippen MR) is 76.2 cm³/mol. The zero-order valence-corrected chi connectivity index (χ0v) is 10.2. The van der Waals surface area contributed by atoms with Crippen molar-refractivity contribution >= 4 is 22.4 Å². The summed E-state index contributed by atoms with van der Waals surface area (Å²) < 4.78 is 0. The lowest BCUT2D eigenvalue weighted by atomic mass is 10.1. The number of rotatable bonds is 2. The molecular formula is C16H14N2. The molecule has 0 spiro atoms. The molecule has 0 aliphatic heterocycles. The first-order chi connectivity index (χ1) is 8.83. The van der Waals surface area contributed by atoms with Crippen LogP contribution in [0, 0.1) is 6.92 Å². The normalized spacial score (nSPS) is 10.5. The summed E-state index contributed by atoms with van der Waals surface area (Å²) in [6.45, 7) is 2.08. The minimum Gasteiger partial charge on any atom is -0.340 e. The third-order valence-electron chi connectivity index (χ3n) is 2.97. The van der Waals surface area contributed by atoms with Crippen LogP contribution in [0.5, 0.6) is 0 Å². The summed E-state index contributed by atoms with van der Waals surface area (Å²) in [5.41, 5.74) is 3.31. The third-order valence-corrected chi connectivity index (χ3v) is 2.97. The molecule has 0 radical (unpaired) electrons. The topological polar surface area (TPSA) is 24.9 Å². The van der Waals surface area contributed by atoms with Crippen molar-refractivity contribution in [1.29, 1.82) is 0 Å². The van der Waals surface area contributed by atoms with E-state index in [1.165, 1.54) is 10.9 Å². The smallest absolute Gasteiger partial charge is 0.131 e. The van der Waals surface area contributed by atoms with Gasteiger partial charge in [0.2, 0.25) is 0 Å². The van der Waals surface area contributed by atoms with Crippen molar-refractivity contribution in [2.75, 3.05) is 5.32 Å². The van der Waals surface area contributed by atoms with Gasteiger partial charge in [-0.1, -0.05) is 36.4 Å². The average molecular weight is 234 g/mol. The molecule has 0 saturated carbocycles. The second kappa shape index (κ2) is 4.49. The molecule has 1 heterocycles. The number of nitrogens with one attached hydrogen (secondary N) is 1. The molecule has 0 amide bonds. The Labute approximate surface area is 106 Å². The molecule has 2 heteroatoms. The van der Waals surface area contributed by atoms with E-state index in [2.05, 4.69) is 41.5 Å². The van der Waals surface area contributed by atoms with Gasteiger partial charge in [0.15, 0.2) is 0 Å². The van der Waals surface area contributed by atoms with Crippen molar-refractivity contribution in [2.24, 2.45) is 0 Å². The Morgan fingerprint density at radius 2 is 1.67 bits per heavy atom. The number of anilines is 2. The Morgan fingerprint density at radius 1 is 0.833 bits per heavy atom. The lowest BCUT2D eigenvalue weighted by molar-refractivity contribution is 1.34. The van der Waals surface area contributed by atoms with Crippen LogP contribution in [0.25, 0.3) is 10.9 Å². The highest BCUT2D eigenvalue weighted by atomic mass is 15.0. The quantitative estimate of drug-likeness (QED) is 0.715. The summed E-state index contributed by atoms with van der Waals surface area (Å²) in [6.07, 6.45) is 0. The zero-order valence-electron chi connectivity index (χ0n) is 10.2. The summed E-state index contributed by atoms with van der Waals surface area (Å²) in [7, 11) is 0. The van der Waals surface area contributed by atoms with E-state index in [9.17, 15) is 0 Å². The number of pyridine rings is 1. The number of fused-ring (bicyclic) bond motifs is 1. The van der Waals surface area contributed by atoms with Crippen molar-refractivity contribution in [3.8, 4) is 0 Å². The SMILES string of the molecule is Cc1cccc2ccc(Nc3ccccc3)nc12. The Kier molecular flexibility index (Phi) is 2.69. The molecule has 0 saturated heterocycles. The molecule has 18 heavy (non-hydrogen) atoms. The first-order valence-electron chi connectivity index (χ1n) is 6.01. The monoisotopic (exact) mass is 234 g/mol. The molecular weight excluding hydrogens is 220 g/mol. The van der Waals surface area contributed by atoms with Gasteiger partial charge in [0.25, 0.3) is 0 Å². The van der Waals surface area contributed by atoms with Gasteiger partial charge in [0, 0.05) is 11.1 Å². The Hall–Kier alpha value is -2.35. The molecule has 3 rings (SSSR count). The van der Waals surface area contributed by atoms with Crippen molar-refractivity contribution < 1.29 is 0 Å². The summed E-state index contributed by atoms with van der Waals surface area (Å²) in [5, 5.41) is 4.49. The van der Waals surface area contributed by atoms with Gasteiger partial charge in [-0.25, -0.2) is 4.98 Å². The van der Waals surface area contributed by atoms with Crippen molar-refractivity contribution in [2.45, 2.75) is 6.92 Å². The van der Waals surface area contributed by atoms with Crippen LogP contribution >= 0.6 is 0 Å². The summed E-state index contributed by atoms with van der Waals surface area (Å²) >= 11 is 0. The van der Waals surface area contributed by atoms with E-state index >= 15 is 0 Å². The van der Waals surface area contributed by atoms with E-state index in [1.807, 2.05) is 36.4 Å². The van der Waals surface area contributed by atoms with Gasteiger partial charge >= 0.3 is 0 Å². The second-order valence-electron chi connectivity index (χ2n) is 4.33. The van der Waals surface area contributed by atoms with Gasteiger partial charge in [-0.3, -0.25) is 0 Å². The van der Waals surface area contributed by atoms with Gasteiger partial charge < -0.3 is 5.32 Å². The first-order valence-corrected chi connectivity index (χ1v) is 6.01. The molecule has 0 aliphatic carbocycles. The molecule has 0 unspecified atom stereocenters. The van der Waals surface area contributed by atoms with Crippen LogP contribution in [0.1, 0.15) is 5.56 Å². The van der Waals surface area contributed by atoms with Gasteiger partial charge in [0.05, 0.1) is 5.52 Å². The molecule has 0 aliphatic rings. The number of hydrogen-bond donors (Lipinski definition) is 1. The minimum atomic E-state index is 0.878. The number of aromatic nitrogens is 1. The van der Waals surface area contributed by atoms with Crippen LogP contribution in [0.2, 0.25) is 0 Å². The molecule has 0 fully saturated rings. The molecule has 0 atom stereocenters. The fourth-order valence-electron chi connectivity index (χ4n) is 2.03. The van der Waals surface area contributed by atoms with E-state index in [4.69, 9.17) is 0 Å².